The van der Waals surface area contributed by atoms with Crippen LogP contribution in [0.15, 0.2) is 24.4 Å². The van der Waals surface area contributed by atoms with Gasteiger partial charge in [-0.05, 0) is 44.6 Å². The molecule has 0 spiro atoms. The molecule has 2 aliphatic heterocycles. The van der Waals surface area contributed by atoms with E-state index in [4.69, 9.17) is 26.3 Å². The molecule has 3 aromatic rings. The minimum Gasteiger partial charge on any atom is -0.475 e. The molecule has 2 aliphatic rings. The zero-order chi connectivity index (χ0) is 19.8. The van der Waals surface area contributed by atoms with Crippen molar-refractivity contribution in [2.45, 2.75) is 18.9 Å². The summed E-state index contributed by atoms with van der Waals surface area (Å²) in [4.78, 5) is 18.9. The number of ether oxygens (including phenoxy) is 1. The van der Waals surface area contributed by atoms with Gasteiger partial charge in [0.1, 0.15) is 6.61 Å². The third-order valence-electron chi connectivity index (χ3n) is 5.93. The van der Waals surface area contributed by atoms with Crippen molar-refractivity contribution in [2.75, 3.05) is 51.3 Å². The molecule has 1 atom stereocenters. The first kappa shape index (κ1) is 18.8. The standard InChI is InChI=1S/C21H25ClN6O/c1-27-8-2-3-15(27)13-29-20-17-12-24-21(28-9-6-23-7-10-28)26-19(17)16-11-14(22)4-5-18(16)25-20/h4-5,11-12,15,23H,2-3,6-10,13H2,1H3. The van der Waals surface area contributed by atoms with Crippen LogP contribution in [0.5, 0.6) is 5.88 Å². The van der Waals surface area contributed by atoms with Crippen LogP contribution in [0.2, 0.25) is 5.02 Å². The molecule has 8 heteroatoms. The second-order valence-electron chi connectivity index (χ2n) is 7.84. The van der Waals surface area contributed by atoms with Crippen molar-refractivity contribution in [1.29, 1.82) is 0 Å². The number of hydrogen-bond acceptors (Lipinski definition) is 7. The lowest BCUT2D eigenvalue weighted by atomic mass is 10.1. The van der Waals surface area contributed by atoms with E-state index in [0.29, 0.717) is 23.6 Å². The number of rotatable bonds is 4. The summed E-state index contributed by atoms with van der Waals surface area (Å²) in [5.74, 6) is 1.34. The molecule has 1 N–H and O–H groups in total. The van der Waals surface area contributed by atoms with Gasteiger partial charge in [0.25, 0.3) is 0 Å². The van der Waals surface area contributed by atoms with Crippen molar-refractivity contribution in [3.63, 3.8) is 0 Å². The van der Waals surface area contributed by atoms with Gasteiger partial charge in [-0.15, -0.1) is 0 Å². The van der Waals surface area contributed by atoms with Gasteiger partial charge in [-0.2, -0.15) is 0 Å². The lowest BCUT2D eigenvalue weighted by Gasteiger charge is -2.27. The normalized spacial score (nSPS) is 20.6. The molecule has 1 unspecified atom stereocenters. The molecule has 7 nitrogen and oxygen atoms in total. The number of nitrogens with zero attached hydrogens (tertiary/aromatic N) is 5. The van der Waals surface area contributed by atoms with Crippen LogP contribution in [-0.4, -0.2) is 72.3 Å². The Hall–Kier alpha value is -2.22. The summed E-state index contributed by atoms with van der Waals surface area (Å²) >= 11 is 6.28. The highest BCUT2D eigenvalue weighted by molar-refractivity contribution is 6.31. The lowest BCUT2D eigenvalue weighted by Crippen LogP contribution is -2.44. The summed E-state index contributed by atoms with van der Waals surface area (Å²) in [6, 6.07) is 6.14. The summed E-state index contributed by atoms with van der Waals surface area (Å²) in [5.41, 5.74) is 1.68. The average molecular weight is 413 g/mol. The van der Waals surface area contributed by atoms with Gasteiger partial charge >= 0.3 is 0 Å². The predicted octanol–water partition coefficient (Wildman–Crippen LogP) is 2.71. The maximum Gasteiger partial charge on any atom is 0.225 e. The van der Waals surface area contributed by atoms with Gasteiger partial charge in [-0.3, -0.25) is 0 Å². The zero-order valence-corrected chi connectivity index (χ0v) is 17.3. The fourth-order valence-electron chi connectivity index (χ4n) is 4.19. The molecular weight excluding hydrogens is 388 g/mol. The van der Waals surface area contributed by atoms with Crippen LogP contribution in [0, 0.1) is 0 Å². The quantitative estimate of drug-likeness (QED) is 0.661. The van der Waals surface area contributed by atoms with Gasteiger partial charge in [0.2, 0.25) is 11.8 Å². The molecule has 4 heterocycles. The number of benzene rings is 1. The Balaban J connectivity index is 1.57. The largest absolute Gasteiger partial charge is 0.475 e. The van der Waals surface area contributed by atoms with E-state index in [2.05, 4.69) is 27.1 Å². The molecule has 29 heavy (non-hydrogen) atoms. The Morgan fingerprint density at radius 1 is 1.17 bits per heavy atom. The molecular formula is C21H25ClN6O. The summed E-state index contributed by atoms with van der Waals surface area (Å²) in [7, 11) is 2.15. The molecule has 0 radical (unpaired) electrons. The number of fused-ring (bicyclic) bond motifs is 3. The van der Waals surface area contributed by atoms with Crippen molar-refractivity contribution in [3.8, 4) is 5.88 Å². The van der Waals surface area contributed by atoms with Gasteiger partial charge in [-0.25, -0.2) is 15.0 Å². The first-order chi connectivity index (χ1) is 14.2. The topological polar surface area (TPSA) is 66.4 Å². The van der Waals surface area contributed by atoms with Crippen molar-refractivity contribution < 1.29 is 4.74 Å². The van der Waals surface area contributed by atoms with Crippen LogP contribution >= 0.6 is 11.6 Å². The van der Waals surface area contributed by atoms with Crippen LogP contribution in [0.3, 0.4) is 0 Å². The Kier molecular flexibility index (Phi) is 5.11. The molecule has 0 bridgehead atoms. The lowest BCUT2D eigenvalue weighted by molar-refractivity contribution is 0.195. The molecule has 2 aromatic heterocycles. The summed E-state index contributed by atoms with van der Waals surface area (Å²) in [5, 5.41) is 5.80. The van der Waals surface area contributed by atoms with Gasteiger partial charge in [0, 0.05) is 48.8 Å². The van der Waals surface area contributed by atoms with E-state index in [9.17, 15) is 0 Å². The van der Waals surface area contributed by atoms with Crippen LogP contribution in [0.4, 0.5) is 5.95 Å². The smallest absolute Gasteiger partial charge is 0.225 e. The summed E-state index contributed by atoms with van der Waals surface area (Å²) < 4.78 is 6.21. The SMILES string of the molecule is CN1CCCC1COc1nc2ccc(Cl)cc2c2nc(N3CCNCC3)ncc12. The molecule has 2 fully saturated rings. The first-order valence-electron chi connectivity index (χ1n) is 10.2. The van der Waals surface area contributed by atoms with E-state index in [1.807, 2.05) is 24.4 Å². The van der Waals surface area contributed by atoms with Crippen molar-refractivity contribution in [1.82, 2.24) is 25.2 Å². The van der Waals surface area contributed by atoms with E-state index >= 15 is 0 Å². The minimum atomic E-state index is 0.425. The highest BCUT2D eigenvalue weighted by Crippen LogP contribution is 2.32. The number of nitrogens with one attached hydrogen (secondary N) is 1. The molecule has 5 rings (SSSR count). The number of anilines is 1. The third kappa shape index (κ3) is 3.70. The average Bonchev–Trinajstić information content (AvgIpc) is 3.17. The number of hydrogen-bond donors (Lipinski definition) is 1. The van der Waals surface area contributed by atoms with Gasteiger partial charge < -0.3 is 19.9 Å². The van der Waals surface area contributed by atoms with Crippen LogP contribution in [0.1, 0.15) is 12.8 Å². The molecule has 0 aliphatic carbocycles. The molecule has 2 saturated heterocycles. The Morgan fingerprint density at radius 3 is 2.83 bits per heavy atom. The zero-order valence-electron chi connectivity index (χ0n) is 16.6. The van der Waals surface area contributed by atoms with Crippen LogP contribution in [-0.2, 0) is 0 Å². The number of pyridine rings is 1. The van der Waals surface area contributed by atoms with Gasteiger partial charge in [-0.1, -0.05) is 11.6 Å². The highest BCUT2D eigenvalue weighted by Gasteiger charge is 2.23. The predicted molar refractivity (Wildman–Crippen MR) is 116 cm³/mol. The fourth-order valence-corrected chi connectivity index (χ4v) is 4.36. The molecule has 0 saturated carbocycles. The Morgan fingerprint density at radius 2 is 2.03 bits per heavy atom. The monoisotopic (exact) mass is 412 g/mol. The Bertz CT molecular complexity index is 1040. The minimum absolute atomic E-state index is 0.425. The molecule has 1 aromatic carbocycles. The van der Waals surface area contributed by atoms with E-state index in [-0.39, 0.29) is 0 Å². The number of likely N-dealkylation sites (tertiary alicyclic amines) is 1. The first-order valence-corrected chi connectivity index (χ1v) is 10.6. The maximum atomic E-state index is 6.28. The third-order valence-corrected chi connectivity index (χ3v) is 6.16. The number of aromatic nitrogens is 3. The van der Waals surface area contributed by atoms with Crippen molar-refractivity contribution in [3.05, 3.63) is 29.4 Å². The van der Waals surface area contributed by atoms with Crippen LogP contribution in [0.25, 0.3) is 21.8 Å². The highest BCUT2D eigenvalue weighted by atomic mass is 35.5. The number of piperazine rings is 1. The van der Waals surface area contributed by atoms with E-state index < -0.39 is 0 Å². The molecule has 0 amide bonds. The number of halogens is 1. The summed E-state index contributed by atoms with van der Waals surface area (Å²) in [6.45, 7) is 5.41. The maximum absolute atomic E-state index is 6.28. The Labute approximate surface area is 175 Å². The van der Waals surface area contributed by atoms with Crippen LogP contribution < -0.4 is 15.0 Å². The number of likely N-dealkylation sites (N-methyl/N-ethyl adjacent to an activating group) is 1. The van der Waals surface area contributed by atoms with E-state index in [1.54, 1.807) is 0 Å². The second-order valence-corrected chi connectivity index (χ2v) is 8.27. The van der Waals surface area contributed by atoms with E-state index in [0.717, 1.165) is 66.9 Å². The summed E-state index contributed by atoms with van der Waals surface area (Å²) in [6.07, 6.45) is 4.22. The fraction of sp³-hybridized carbons (Fsp3) is 0.476. The van der Waals surface area contributed by atoms with Crippen molar-refractivity contribution in [2.24, 2.45) is 0 Å². The second kappa shape index (κ2) is 7.89. The van der Waals surface area contributed by atoms with Gasteiger partial charge in [0.15, 0.2) is 0 Å². The van der Waals surface area contributed by atoms with E-state index in [1.165, 1.54) is 6.42 Å². The molecule has 152 valence electrons. The van der Waals surface area contributed by atoms with Crippen molar-refractivity contribution >= 4 is 39.4 Å². The van der Waals surface area contributed by atoms with Gasteiger partial charge in [0.05, 0.1) is 16.4 Å².